The molecular weight excluding hydrogens is 525 g/mol. The molecule has 2 N–H and O–H groups in total. The largest absolute Gasteiger partial charge is 0.471 e. The minimum absolute atomic E-state index is 0.000212. The third kappa shape index (κ3) is 6.08. The van der Waals surface area contributed by atoms with Crippen LogP contribution in [0.5, 0.6) is 5.88 Å². The van der Waals surface area contributed by atoms with Crippen molar-refractivity contribution in [2.45, 2.75) is 48.9 Å². The van der Waals surface area contributed by atoms with E-state index in [1.165, 1.54) is 10.5 Å². The maximum Gasteiger partial charge on any atom is 0.423 e. The van der Waals surface area contributed by atoms with Crippen molar-refractivity contribution in [1.29, 1.82) is 0 Å². The SMILES string of the molecule is O=S(=O)(c1ccc(C2=CCNCC2)nc1)N1CCC(Nc2ncc(C(F)(F)F)c(O[C@H]3CCOC3)n2)CC1. The maximum atomic E-state index is 13.4. The number of hydrogen-bond donors (Lipinski definition) is 2. The molecule has 10 nitrogen and oxygen atoms in total. The number of alkyl halides is 3. The van der Waals surface area contributed by atoms with E-state index in [1.807, 2.05) is 0 Å². The second-order valence-corrected chi connectivity index (χ2v) is 11.3. The van der Waals surface area contributed by atoms with E-state index < -0.39 is 33.7 Å². The van der Waals surface area contributed by atoms with Crippen molar-refractivity contribution in [1.82, 2.24) is 24.6 Å². The third-order valence-corrected chi connectivity index (χ3v) is 8.66. The highest BCUT2D eigenvalue weighted by Crippen LogP contribution is 2.36. The van der Waals surface area contributed by atoms with Gasteiger partial charge in [0.2, 0.25) is 21.9 Å². The minimum atomic E-state index is -4.66. The third-order valence-electron chi connectivity index (χ3n) is 6.78. The van der Waals surface area contributed by atoms with Crippen molar-refractivity contribution in [3.8, 4) is 5.88 Å². The molecule has 1 atom stereocenters. The summed E-state index contributed by atoms with van der Waals surface area (Å²) in [5, 5.41) is 6.27. The number of nitrogens with zero attached hydrogens (tertiary/aromatic N) is 4. The van der Waals surface area contributed by atoms with Crippen LogP contribution in [-0.2, 0) is 20.9 Å². The first-order valence-corrected chi connectivity index (χ1v) is 14.0. The number of hydrogen-bond acceptors (Lipinski definition) is 9. The lowest BCUT2D eigenvalue weighted by atomic mass is 10.1. The number of nitrogens with one attached hydrogen (secondary N) is 2. The molecule has 2 fully saturated rings. The van der Waals surface area contributed by atoms with Gasteiger partial charge >= 0.3 is 6.18 Å². The molecule has 0 unspecified atom stereocenters. The predicted molar refractivity (Wildman–Crippen MR) is 132 cm³/mol. The van der Waals surface area contributed by atoms with Crippen molar-refractivity contribution < 1.29 is 31.1 Å². The standard InChI is InChI=1S/C24H29F3N6O4S/c25-24(26,27)20-14-30-23(32-22(20)37-18-7-12-36-15-18)31-17-5-10-33(11-6-17)38(34,35)19-1-2-21(29-13-19)16-3-8-28-9-4-16/h1-3,13-14,17-18,28H,4-12,15H2,(H,30,31,32)/t18-/m0/s1. The molecular formula is C24H29F3N6O4S. The van der Waals surface area contributed by atoms with E-state index in [4.69, 9.17) is 9.47 Å². The van der Waals surface area contributed by atoms with Crippen LogP contribution in [0.4, 0.5) is 19.1 Å². The average molecular weight is 555 g/mol. The Bertz CT molecular complexity index is 1260. The van der Waals surface area contributed by atoms with Crippen LogP contribution in [0, 0.1) is 0 Å². The molecule has 0 saturated carbocycles. The average Bonchev–Trinajstić information content (AvgIpc) is 3.42. The molecule has 14 heteroatoms. The van der Waals surface area contributed by atoms with E-state index in [0.29, 0.717) is 32.1 Å². The summed E-state index contributed by atoms with van der Waals surface area (Å²) in [6, 6.07) is 3.10. The van der Waals surface area contributed by atoms with Crippen LogP contribution in [0.2, 0.25) is 0 Å². The molecule has 3 aliphatic heterocycles. The molecule has 38 heavy (non-hydrogen) atoms. The monoisotopic (exact) mass is 554 g/mol. The minimum Gasteiger partial charge on any atom is -0.471 e. The first-order valence-electron chi connectivity index (χ1n) is 12.5. The van der Waals surface area contributed by atoms with Gasteiger partial charge in [-0.3, -0.25) is 4.98 Å². The van der Waals surface area contributed by atoms with Crippen LogP contribution < -0.4 is 15.4 Å². The second kappa shape index (κ2) is 11.1. The summed E-state index contributed by atoms with van der Waals surface area (Å²) in [5.74, 6) is -0.540. The topological polar surface area (TPSA) is 119 Å². The summed E-state index contributed by atoms with van der Waals surface area (Å²) in [5.41, 5.74) is 0.816. The smallest absolute Gasteiger partial charge is 0.423 e. The van der Waals surface area contributed by atoms with Gasteiger partial charge < -0.3 is 20.1 Å². The lowest BCUT2D eigenvalue weighted by Gasteiger charge is -2.31. The Kier molecular flexibility index (Phi) is 7.84. The highest BCUT2D eigenvalue weighted by Gasteiger charge is 2.38. The van der Waals surface area contributed by atoms with Gasteiger partial charge in [-0.25, -0.2) is 13.4 Å². The van der Waals surface area contributed by atoms with Crippen molar-refractivity contribution in [3.05, 3.63) is 41.9 Å². The maximum absolute atomic E-state index is 13.4. The second-order valence-electron chi connectivity index (χ2n) is 9.40. The van der Waals surface area contributed by atoms with Gasteiger partial charge in [0.1, 0.15) is 16.6 Å². The predicted octanol–water partition coefficient (Wildman–Crippen LogP) is 2.70. The van der Waals surface area contributed by atoms with Gasteiger partial charge in [-0.2, -0.15) is 22.5 Å². The van der Waals surface area contributed by atoms with E-state index in [9.17, 15) is 21.6 Å². The highest BCUT2D eigenvalue weighted by molar-refractivity contribution is 7.89. The summed E-state index contributed by atoms with van der Waals surface area (Å²) >= 11 is 0. The number of ether oxygens (including phenoxy) is 2. The number of pyridine rings is 1. The van der Waals surface area contributed by atoms with E-state index in [-0.39, 0.29) is 36.6 Å². The molecule has 0 spiro atoms. The lowest BCUT2D eigenvalue weighted by molar-refractivity contribution is -0.139. The summed E-state index contributed by atoms with van der Waals surface area (Å²) in [4.78, 5) is 12.3. The van der Waals surface area contributed by atoms with E-state index in [2.05, 4.69) is 31.7 Å². The Hall–Kier alpha value is -2.81. The zero-order valence-corrected chi connectivity index (χ0v) is 21.4. The molecule has 0 amide bonds. The molecule has 0 bridgehead atoms. The summed E-state index contributed by atoms with van der Waals surface area (Å²) in [6.07, 6.45) is 1.16. The van der Waals surface area contributed by atoms with E-state index in [1.54, 1.807) is 12.1 Å². The zero-order valence-electron chi connectivity index (χ0n) is 20.6. The number of aromatic nitrogens is 3. The van der Waals surface area contributed by atoms with Crippen LogP contribution in [0.25, 0.3) is 5.57 Å². The Morgan fingerprint density at radius 3 is 2.58 bits per heavy atom. The van der Waals surface area contributed by atoms with Gasteiger partial charge in [0.15, 0.2) is 0 Å². The highest BCUT2D eigenvalue weighted by atomic mass is 32.2. The van der Waals surface area contributed by atoms with Gasteiger partial charge in [-0.1, -0.05) is 6.08 Å². The first kappa shape index (κ1) is 26.8. The van der Waals surface area contributed by atoms with Crippen LogP contribution >= 0.6 is 0 Å². The van der Waals surface area contributed by atoms with Gasteiger partial charge in [-0.05, 0) is 43.5 Å². The fraction of sp³-hybridized carbons (Fsp3) is 0.542. The van der Waals surface area contributed by atoms with Gasteiger partial charge in [0, 0.05) is 44.5 Å². The fourth-order valence-electron chi connectivity index (χ4n) is 4.63. The van der Waals surface area contributed by atoms with Crippen LogP contribution in [0.3, 0.4) is 0 Å². The van der Waals surface area contributed by atoms with Crippen LogP contribution in [-0.4, -0.2) is 79.2 Å². The van der Waals surface area contributed by atoms with Crippen molar-refractivity contribution in [2.75, 3.05) is 44.7 Å². The Labute approximate surface area is 218 Å². The van der Waals surface area contributed by atoms with Crippen LogP contribution in [0.1, 0.15) is 36.9 Å². The molecule has 5 rings (SSSR count). The fourth-order valence-corrected chi connectivity index (χ4v) is 6.05. The Balaban J connectivity index is 1.21. The molecule has 2 aromatic heterocycles. The van der Waals surface area contributed by atoms with Crippen molar-refractivity contribution in [3.63, 3.8) is 0 Å². The van der Waals surface area contributed by atoms with Gasteiger partial charge in [0.25, 0.3) is 0 Å². The number of sulfonamides is 1. The summed E-state index contributed by atoms with van der Waals surface area (Å²) in [7, 11) is -3.72. The van der Waals surface area contributed by atoms with E-state index in [0.717, 1.165) is 30.8 Å². The molecule has 0 radical (unpaired) electrons. The summed E-state index contributed by atoms with van der Waals surface area (Å²) < 4.78 is 78.7. The number of rotatable bonds is 7. The summed E-state index contributed by atoms with van der Waals surface area (Å²) in [6.45, 7) is 2.72. The van der Waals surface area contributed by atoms with Crippen LogP contribution in [0.15, 0.2) is 35.5 Å². The Morgan fingerprint density at radius 1 is 1.13 bits per heavy atom. The molecule has 206 valence electrons. The van der Waals surface area contributed by atoms with E-state index >= 15 is 0 Å². The van der Waals surface area contributed by atoms with Gasteiger partial charge in [0.05, 0.1) is 18.9 Å². The molecule has 2 saturated heterocycles. The zero-order chi connectivity index (χ0) is 26.8. The quantitative estimate of drug-likeness (QED) is 0.533. The number of piperidine rings is 1. The molecule has 3 aliphatic rings. The van der Waals surface area contributed by atoms with Gasteiger partial charge in [-0.15, -0.1) is 0 Å². The number of halogens is 3. The molecule has 0 aromatic carbocycles. The Morgan fingerprint density at radius 2 is 1.95 bits per heavy atom. The molecule has 0 aliphatic carbocycles. The molecule has 2 aromatic rings. The normalized spacial score (nSPS) is 21.8. The van der Waals surface area contributed by atoms with Crippen molar-refractivity contribution >= 4 is 21.5 Å². The molecule has 5 heterocycles. The lowest BCUT2D eigenvalue weighted by Crippen LogP contribution is -2.42. The van der Waals surface area contributed by atoms with Crippen molar-refractivity contribution in [2.24, 2.45) is 0 Å². The first-order chi connectivity index (χ1) is 18.2. The number of anilines is 1.